The summed E-state index contributed by atoms with van der Waals surface area (Å²) in [7, 11) is 0. The predicted molar refractivity (Wildman–Crippen MR) is 166 cm³/mol. The van der Waals surface area contributed by atoms with Gasteiger partial charge in [0.1, 0.15) is 6.29 Å². The molecule has 3 aromatic carbocycles. The summed E-state index contributed by atoms with van der Waals surface area (Å²) in [5.41, 5.74) is 5.58. The number of benzene rings is 3. The number of hydrogen-bond acceptors (Lipinski definition) is 5. The fourth-order valence-corrected chi connectivity index (χ4v) is 7.21. The van der Waals surface area contributed by atoms with Crippen molar-refractivity contribution in [1.29, 1.82) is 0 Å². The molecule has 1 heterocycles. The molecular weight excluding hydrogens is 605 g/mol. The van der Waals surface area contributed by atoms with Crippen molar-refractivity contribution in [2.75, 3.05) is 33.6 Å². The van der Waals surface area contributed by atoms with Gasteiger partial charge in [0.2, 0.25) is 0 Å². The van der Waals surface area contributed by atoms with Gasteiger partial charge < -0.3 is 5.32 Å². The van der Waals surface area contributed by atoms with Gasteiger partial charge >= 0.3 is 176 Å². The Morgan fingerprint density at radius 2 is 1.82 bits per heavy atom. The van der Waals surface area contributed by atoms with Crippen LogP contribution in [0.2, 0.25) is 0 Å². The Kier molecular flexibility index (Phi) is 10.1. The van der Waals surface area contributed by atoms with Crippen LogP contribution in [0.5, 0.6) is 0 Å². The number of nitrogens with zero attached hydrogens (tertiary/aromatic N) is 1. The summed E-state index contributed by atoms with van der Waals surface area (Å²) in [6.45, 7) is 3.76. The number of hydrogen-bond donors (Lipinski definition) is 2. The van der Waals surface area contributed by atoms with E-state index in [1.54, 1.807) is 18.2 Å². The number of ether oxygens (including phenoxy) is 1. The third-order valence-electron chi connectivity index (χ3n) is 6.79. The normalized spacial score (nSPS) is 15.8. The average molecular weight is 642 g/mol. The summed E-state index contributed by atoms with van der Waals surface area (Å²) < 4.78 is 8.34. The maximum atomic E-state index is 13.0. The molecule has 1 atom stereocenters. The molecule has 0 radical (unpaired) electrons. The standard InChI is InChI=1S/C31H36IN3O4/c1-22-18-24(21-36)12-15-28(22)33-30(37)16-13-23-11-14-27(25-8-5-4-6-9-25)29(19-23)34-31(38)39-26-10-7-17-35(20-26)32(2)3/h4-6,8-9,11-12,14-15,18-19,21,26H,7,10,13,16-17,20H2,1-3H3,(H,33,37)(H,34,38). The molecule has 0 aliphatic carbocycles. The van der Waals surface area contributed by atoms with E-state index in [1.165, 1.54) is 0 Å². The minimum atomic E-state index is -1.10. The Labute approximate surface area is 238 Å². The van der Waals surface area contributed by atoms with Gasteiger partial charge in [0.15, 0.2) is 0 Å². The number of piperidine rings is 1. The van der Waals surface area contributed by atoms with Crippen LogP contribution in [0.1, 0.15) is 40.7 Å². The first kappa shape index (κ1) is 28.8. The van der Waals surface area contributed by atoms with Gasteiger partial charge in [-0.2, -0.15) is 0 Å². The number of alkyl halides is 2. The van der Waals surface area contributed by atoms with E-state index >= 15 is 0 Å². The van der Waals surface area contributed by atoms with Gasteiger partial charge in [-0.25, -0.2) is 0 Å². The Morgan fingerprint density at radius 1 is 1.03 bits per heavy atom. The molecule has 4 rings (SSSR count). The number of nitrogens with one attached hydrogen (secondary N) is 2. The summed E-state index contributed by atoms with van der Waals surface area (Å²) in [4.78, 5) is 41.2. The third kappa shape index (κ3) is 8.12. The Hall–Kier alpha value is -3.24. The topological polar surface area (TPSA) is 87.7 Å². The van der Waals surface area contributed by atoms with Gasteiger partial charge in [-0.05, 0) is 30.7 Å². The van der Waals surface area contributed by atoms with Gasteiger partial charge in [0.05, 0.1) is 0 Å². The molecule has 7 nitrogen and oxygen atoms in total. The van der Waals surface area contributed by atoms with Crippen LogP contribution >= 0.6 is 20.1 Å². The van der Waals surface area contributed by atoms with Crippen molar-refractivity contribution < 1.29 is 19.1 Å². The number of carbonyl (C=O) groups is 3. The van der Waals surface area contributed by atoms with E-state index in [0.29, 0.717) is 23.4 Å². The summed E-state index contributed by atoms with van der Waals surface area (Å²) in [5.74, 6) is -0.117. The first-order valence-corrected chi connectivity index (χ1v) is 18.4. The van der Waals surface area contributed by atoms with Crippen LogP contribution in [0.25, 0.3) is 11.1 Å². The molecule has 1 aliphatic rings. The SMILES string of the molecule is Cc1cc(C=O)ccc1NC(=O)CCc1ccc(-c2ccccc2)c(NC(=O)OC2CCCN(I(C)C)C2)c1. The fraction of sp³-hybridized carbons (Fsp3) is 0.323. The third-order valence-corrected chi connectivity index (χ3v) is 10.4. The number of halogens is 1. The molecule has 1 aliphatic heterocycles. The molecular formula is C31H36IN3O4. The van der Waals surface area contributed by atoms with E-state index in [2.05, 4.69) is 23.6 Å². The summed E-state index contributed by atoms with van der Waals surface area (Å²) in [6, 6.07) is 21.0. The van der Waals surface area contributed by atoms with Crippen molar-refractivity contribution in [2.24, 2.45) is 0 Å². The summed E-state index contributed by atoms with van der Waals surface area (Å²) >= 11 is -1.10. The van der Waals surface area contributed by atoms with Crippen LogP contribution < -0.4 is 10.6 Å². The molecule has 2 amide bonds. The van der Waals surface area contributed by atoms with Crippen LogP contribution in [0.15, 0.2) is 66.7 Å². The molecule has 0 spiro atoms. The number of aldehydes is 1. The predicted octanol–water partition coefficient (Wildman–Crippen LogP) is 6.74. The zero-order valence-corrected chi connectivity index (χ0v) is 24.9. The van der Waals surface area contributed by atoms with E-state index < -0.39 is 26.2 Å². The molecule has 39 heavy (non-hydrogen) atoms. The molecule has 1 saturated heterocycles. The molecule has 3 aromatic rings. The van der Waals surface area contributed by atoms with Crippen LogP contribution in [0.3, 0.4) is 0 Å². The van der Waals surface area contributed by atoms with Crippen molar-refractivity contribution in [1.82, 2.24) is 3.11 Å². The van der Waals surface area contributed by atoms with Gasteiger partial charge in [0.25, 0.3) is 0 Å². The molecule has 2 N–H and O–H groups in total. The second-order valence-corrected chi connectivity index (χ2v) is 15.3. The Balaban J connectivity index is 1.44. The first-order chi connectivity index (χ1) is 18.8. The Morgan fingerprint density at radius 3 is 2.54 bits per heavy atom. The second kappa shape index (κ2) is 13.7. The fourth-order valence-electron chi connectivity index (χ4n) is 4.68. The summed E-state index contributed by atoms with van der Waals surface area (Å²) in [5, 5.41) is 5.92. The minimum absolute atomic E-state index is 0.102. The monoisotopic (exact) mass is 641 g/mol. The molecule has 0 bridgehead atoms. The van der Waals surface area contributed by atoms with E-state index in [0.717, 1.165) is 54.5 Å². The van der Waals surface area contributed by atoms with Gasteiger partial charge in [-0.15, -0.1) is 0 Å². The van der Waals surface area contributed by atoms with E-state index in [9.17, 15) is 14.4 Å². The molecule has 206 valence electrons. The zero-order chi connectivity index (χ0) is 27.8. The second-order valence-electron chi connectivity index (χ2n) is 9.87. The molecule has 0 aromatic heterocycles. The van der Waals surface area contributed by atoms with E-state index in [4.69, 9.17) is 4.74 Å². The Bertz CT molecular complexity index is 1310. The van der Waals surface area contributed by atoms with Crippen molar-refractivity contribution in [3.63, 3.8) is 0 Å². The van der Waals surface area contributed by atoms with Gasteiger partial charge in [-0.1, -0.05) is 0 Å². The molecule has 0 saturated carbocycles. The molecule has 8 heteroatoms. The molecule has 1 fully saturated rings. The van der Waals surface area contributed by atoms with Crippen LogP contribution in [0, 0.1) is 6.92 Å². The number of anilines is 2. The van der Waals surface area contributed by atoms with Crippen LogP contribution in [-0.2, 0) is 16.0 Å². The van der Waals surface area contributed by atoms with E-state index in [1.807, 2.05) is 55.5 Å². The number of rotatable bonds is 9. The number of aryl methyl sites for hydroxylation is 2. The van der Waals surface area contributed by atoms with E-state index in [-0.39, 0.29) is 18.4 Å². The quantitative estimate of drug-likeness (QED) is 0.117. The van der Waals surface area contributed by atoms with Crippen LogP contribution in [0.4, 0.5) is 16.2 Å². The number of carbonyl (C=O) groups excluding carboxylic acids is 3. The average Bonchev–Trinajstić information content (AvgIpc) is 2.93. The maximum absolute atomic E-state index is 13.0. The number of amides is 2. The van der Waals surface area contributed by atoms with Crippen molar-refractivity contribution in [3.05, 3.63) is 83.4 Å². The zero-order valence-electron chi connectivity index (χ0n) is 22.7. The van der Waals surface area contributed by atoms with Crippen molar-refractivity contribution >= 4 is 49.8 Å². The van der Waals surface area contributed by atoms with Crippen LogP contribution in [-0.4, -0.2) is 50.5 Å². The van der Waals surface area contributed by atoms with Gasteiger partial charge in [0, 0.05) is 11.3 Å². The van der Waals surface area contributed by atoms with Crippen molar-refractivity contribution in [2.45, 2.75) is 38.7 Å². The summed E-state index contributed by atoms with van der Waals surface area (Å²) in [6.07, 6.45) is 2.95. The first-order valence-electron chi connectivity index (χ1n) is 13.1. The van der Waals surface area contributed by atoms with Gasteiger partial charge in [-0.3, -0.25) is 9.59 Å². The van der Waals surface area contributed by atoms with Crippen molar-refractivity contribution in [3.8, 4) is 11.1 Å². The molecule has 1 unspecified atom stereocenters.